The summed E-state index contributed by atoms with van der Waals surface area (Å²) in [6.07, 6.45) is 8.17. The van der Waals surface area contributed by atoms with E-state index in [2.05, 4.69) is 30.2 Å². The Morgan fingerprint density at radius 2 is 1.88 bits per heavy atom. The number of rotatable bonds is 3. The summed E-state index contributed by atoms with van der Waals surface area (Å²) in [5, 5.41) is 0. The highest BCUT2D eigenvalue weighted by Crippen LogP contribution is 2.23. The smallest absolute Gasteiger partial charge is 0.410 e. The minimum atomic E-state index is -0.290. The zero-order valence-electron chi connectivity index (χ0n) is 13.7. The van der Waals surface area contributed by atoms with Gasteiger partial charge < -0.3 is 9.64 Å². The fourth-order valence-corrected chi connectivity index (χ4v) is 3.08. The Kier molecular flexibility index (Phi) is 5.18. The van der Waals surface area contributed by atoms with Gasteiger partial charge in [-0.05, 0) is 48.9 Å². The van der Waals surface area contributed by atoms with Crippen LogP contribution in [0.4, 0.5) is 4.79 Å². The predicted octanol–water partition coefficient (Wildman–Crippen LogP) is 4.12. The zero-order valence-corrected chi connectivity index (χ0v) is 13.7. The first-order chi connectivity index (χ1) is 11.7. The molecule has 0 radical (unpaired) electrons. The van der Waals surface area contributed by atoms with Gasteiger partial charge in [-0.3, -0.25) is 0 Å². The summed E-state index contributed by atoms with van der Waals surface area (Å²) < 4.78 is 5.44. The zero-order chi connectivity index (χ0) is 16.8. The van der Waals surface area contributed by atoms with Crippen LogP contribution in [-0.4, -0.2) is 24.1 Å². The molecule has 0 atom stereocenters. The number of amides is 1. The van der Waals surface area contributed by atoms with Crippen molar-refractivity contribution in [1.82, 2.24) is 4.90 Å². The molecule has 2 aromatic rings. The molecule has 2 aromatic carbocycles. The van der Waals surface area contributed by atoms with E-state index >= 15 is 0 Å². The van der Waals surface area contributed by atoms with Crippen molar-refractivity contribution in [1.29, 1.82) is 0 Å². The van der Waals surface area contributed by atoms with Crippen molar-refractivity contribution >= 4 is 6.09 Å². The summed E-state index contributed by atoms with van der Waals surface area (Å²) in [4.78, 5) is 14.1. The summed E-state index contributed by atoms with van der Waals surface area (Å²) in [6, 6.07) is 17.6. The maximum atomic E-state index is 12.3. The van der Waals surface area contributed by atoms with Crippen molar-refractivity contribution in [3.05, 3.63) is 65.7 Å². The Balaban J connectivity index is 1.51. The second-order valence-electron chi connectivity index (χ2n) is 6.16. The fraction of sp³-hybridized carbons (Fsp3) is 0.286. The van der Waals surface area contributed by atoms with Crippen molar-refractivity contribution in [2.75, 3.05) is 13.1 Å². The summed E-state index contributed by atoms with van der Waals surface area (Å²) in [6.45, 7) is 1.48. The number of terminal acetylenes is 1. The molecular formula is C21H21NO2. The number of carbonyl (C=O) groups is 1. The summed E-state index contributed by atoms with van der Waals surface area (Å²) >= 11 is 0. The van der Waals surface area contributed by atoms with Gasteiger partial charge in [0.1, 0.15) is 5.75 Å². The average molecular weight is 319 g/mol. The molecule has 0 aliphatic carbocycles. The number of carbonyl (C=O) groups excluding carboxylic acids is 1. The van der Waals surface area contributed by atoms with Crippen LogP contribution in [0.25, 0.3) is 0 Å². The van der Waals surface area contributed by atoms with E-state index in [9.17, 15) is 4.79 Å². The van der Waals surface area contributed by atoms with Gasteiger partial charge >= 0.3 is 6.09 Å². The van der Waals surface area contributed by atoms with Crippen LogP contribution < -0.4 is 4.74 Å². The predicted molar refractivity (Wildman–Crippen MR) is 94.8 cm³/mol. The lowest BCUT2D eigenvalue weighted by Crippen LogP contribution is -2.40. The number of hydrogen-bond acceptors (Lipinski definition) is 2. The standard InChI is InChI=1S/C21H21NO2/c1-2-17-9-6-10-20(16-17)24-21(23)22-13-11-19(12-14-22)15-18-7-4-3-5-8-18/h1,3-10,16,19H,11-15H2. The van der Waals surface area contributed by atoms with Gasteiger partial charge in [0.25, 0.3) is 0 Å². The van der Waals surface area contributed by atoms with E-state index in [0.717, 1.165) is 32.4 Å². The maximum absolute atomic E-state index is 12.3. The van der Waals surface area contributed by atoms with Gasteiger partial charge in [-0.2, -0.15) is 0 Å². The van der Waals surface area contributed by atoms with Gasteiger partial charge in [0.15, 0.2) is 0 Å². The molecule has 1 saturated heterocycles. The van der Waals surface area contributed by atoms with Crippen molar-refractivity contribution in [2.45, 2.75) is 19.3 Å². The molecular weight excluding hydrogens is 298 g/mol. The van der Waals surface area contributed by atoms with Crippen molar-refractivity contribution in [2.24, 2.45) is 5.92 Å². The van der Waals surface area contributed by atoms with Crippen LogP contribution in [0, 0.1) is 18.3 Å². The number of nitrogens with zero attached hydrogens (tertiary/aromatic N) is 1. The Morgan fingerprint density at radius 1 is 1.12 bits per heavy atom. The Hall–Kier alpha value is -2.73. The van der Waals surface area contributed by atoms with E-state index in [4.69, 9.17) is 11.2 Å². The molecule has 0 saturated carbocycles. The third-order valence-electron chi connectivity index (χ3n) is 4.45. The second kappa shape index (κ2) is 7.70. The van der Waals surface area contributed by atoms with E-state index in [1.165, 1.54) is 5.56 Å². The van der Waals surface area contributed by atoms with E-state index in [-0.39, 0.29) is 6.09 Å². The first-order valence-corrected chi connectivity index (χ1v) is 8.32. The molecule has 0 unspecified atom stereocenters. The Labute approximate surface area is 143 Å². The normalized spacial score (nSPS) is 14.9. The van der Waals surface area contributed by atoms with Crippen LogP contribution in [-0.2, 0) is 6.42 Å². The van der Waals surface area contributed by atoms with E-state index in [0.29, 0.717) is 17.2 Å². The van der Waals surface area contributed by atoms with Crippen LogP contribution in [0.15, 0.2) is 54.6 Å². The molecule has 1 fully saturated rings. The summed E-state index contributed by atoms with van der Waals surface area (Å²) in [5.74, 6) is 3.67. The molecule has 1 aliphatic heterocycles. The third kappa shape index (κ3) is 4.17. The van der Waals surface area contributed by atoms with Gasteiger partial charge in [-0.25, -0.2) is 4.79 Å². The van der Waals surface area contributed by atoms with Gasteiger partial charge in [0, 0.05) is 18.7 Å². The molecule has 3 rings (SSSR count). The molecule has 3 nitrogen and oxygen atoms in total. The number of benzene rings is 2. The number of ether oxygens (including phenoxy) is 1. The van der Waals surface area contributed by atoms with Crippen molar-refractivity contribution in [3.63, 3.8) is 0 Å². The highest BCUT2D eigenvalue weighted by Gasteiger charge is 2.24. The molecule has 1 aliphatic rings. The van der Waals surface area contributed by atoms with Crippen LogP contribution >= 0.6 is 0 Å². The Bertz CT molecular complexity index is 725. The number of piperidine rings is 1. The van der Waals surface area contributed by atoms with Gasteiger partial charge in [0.05, 0.1) is 0 Å². The fourth-order valence-electron chi connectivity index (χ4n) is 3.08. The largest absolute Gasteiger partial charge is 0.415 e. The van der Waals surface area contributed by atoms with E-state index in [1.807, 2.05) is 12.1 Å². The highest BCUT2D eigenvalue weighted by atomic mass is 16.6. The Morgan fingerprint density at radius 3 is 2.58 bits per heavy atom. The SMILES string of the molecule is C#Cc1cccc(OC(=O)N2CCC(Cc3ccccc3)CC2)c1. The van der Waals surface area contributed by atoms with Crippen LogP contribution in [0.1, 0.15) is 24.0 Å². The number of hydrogen-bond donors (Lipinski definition) is 0. The molecule has 1 amide bonds. The van der Waals surface area contributed by atoms with Crippen LogP contribution in [0.2, 0.25) is 0 Å². The third-order valence-corrected chi connectivity index (χ3v) is 4.45. The first kappa shape index (κ1) is 16.1. The molecule has 24 heavy (non-hydrogen) atoms. The monoisotopic (exact) mass is 319 g/mol. The van der Waals surface area contributed by atoms with E-state index < -0.39 is 0 Å². The molecule has 0 N–H and O–H groups in total. The van der Waals surface area contributed by atoms with Crippen molar-refractivity contribution in [3.8, 4) is 18.1 Å². The van der Waals surface area contributed by atoms with Crippen LogP contribution in [0.3, 0.4) is 0 Å². The first-order valence-electron chi connectivity index (χ1n) is 8.32. The molecule has 0 bridgehead atoms. The molecule has 122 valence electrons. The summed E-state index contributed by atoms with van der Waals surface area (Å²) in [7, 11) is 0. The quantitative estimate of drug-likeness (QED) is 0.796. The molecule has 0 aromatic heterocycles. The minimum absolute atomic E-state index is 0.290. The second-order valence-corrected chi connectivity index (χ2v) is 6.16. The minimum Gasteiger partial charge on any atom is -0.410 e. The lowest BCUT2D eigenvalue weighted by molar-refractivity contribution is 0.131. The van der Waals surface area contributed by atoms with Crippen LogP contribution in [0.5, 0.6) is 5.75 Å². The lowest BCUT2D eigenvalue weighted by Gasteiger charge is -2.31. The van der Waals surface area contributed by atoms with Gasteiger partial charge in [-0.1, -0.05) is 42.3 Å². The maximum Gasteiger partial charge on any atom is 0.415 e. The molecule has 0 spiro atoms. The number of likely N-dealkylation sites (tertiary alicyclic amines) is 1. The van der Waals surface area contributed by atoms with Crippen molar-refractivity contribution < 1.29 is 9.53 Å². The van der Waals surface area contributed by atoms with Gasteiger partial charge in [0.2, 0.25) is 0 Å². The average Bonchev–Trinajstić information content (AvgIpc) is 2.63. The topological polar surface area (TPSA) is 29.5 Å². The molecule has 3 heteroatoms. The van der Waals surface area contributed by atoms with E-state index in [1.54, 1.807) is 23.1 Å². The molecule has 1 heterocycles. The lowest BCUT2D eigenvalue weighted by atomic mass is 9.90. The summed E-state index contributed by atoms with van der Waals surface area (Å²) in [5.41, 5.74) is 2.08. The van der Waals surface area contributed by atoms with Gasteiger partial charge in [-0.15, -0.1) is 6.42 Å². The highest BCUT2D eigenvalue weighted by molar-refractivity contribution is 5.71.